The van der Waals surface area contributed by atoms with Gasteiger partial charge in [0.05, 0.1) is 17.7 Å². The molecule has 0 radical (unpaired) electrons. The van der Waals surface area contributed by atoms with Crippen LogP contribution >= 0.6 is 15.9 Å². The molecule has 1 atom stereocenters. The van der Waals surface area contributed by atoms with E-state index in [4.69, 9.17) is 4.74 Å². The molecule has 0 spiro atoms. The van der Waals surface area contributed by atoms with Crippen molar-refractivity contribution in [2.75, 3.05) is 24.5 Å². The molecule has 10 heteroatoms. The van der Waals surface area contributed by atoms with Gasteiger partial charge in [0.1, 0.15) is 18.3 Å². The molecule has 8 nitrogen and oxygen atoms in total. The molecule has 1 unspecified atom stereocenters. The second-order valence-corrected chi connectivity index (χ2v) is 11.0. The van der Waals surface area contributed by atoms with Crippen molar-refractivity contribution in [1.29, 1.82) is 0 Å². The maximum Gasteiger partial charge on any atom is 0.264 e. The highest BCUT2D eigenvalue weighted by Crippen LogP contribution is 2.32. The Hall–Kier alpha value is -3.37. The third-order valence-corrected chi connectivity index (χ3v) is 7.99. The second kappa shape index (κ2) is 12.7. The molecule has 0 heterocycles. The molecule has 196 valence electrons. The van der Waals surface area contributed by atoms with Crippen LogP contribution in [0.4, 0.5) is 5.69 Å². The van der Waals surface area contributed by atoms with Crippen LogP contribution in [0.15, 0.2) is 88.2 Å². The van der Waals surface area contributed by atoms with Gasteiger partial charge in [0, 0.05) is 17.6 Å². The van der Waals surface area contributed by atoms with Crippen molar-refractivity contribution in [2.45, 2.75) is 31.3 Å². The molecule has 0 saturated carbocycles. The van der Waals surface area contributed by atoms with E-state index in [1.165, 1.54) is 24.1 Å². The fraction of sp³-hybridized carbons (Fsp3) is 0.259. The summed E-state index contributed by atoms with van der Waals surface area (Å²) < 4.78 is 34.8. The summed E-state index contributed by atoms with van der Waals surface area (Å²) >= 11 is 3.43. The van der Waals surface area contributed by atoms with Crippen LogP contribution in [0.3, 0.4) is 0 Å². The third-order valence-electron chi connectivity index (χ3n) is 5.72. The number of nitrogens with one attached hydrogen (secondary N) is 1. The lowest BCUT2D eigenvalue weighted by Gasteiger charge is -2.32. The van der Waals surface area contributed by atoms with E-state index in [9.17, 15) is 18.0 Å². The third kappa shape index (κ3) is 6.90. The number of anilines is 1. The minimum absolute atomic E-state index is 0.0315. The van der Waals surface area contributed by atoms with E-state index in [2.05, 4.69) is 21.2 Å². The number of ether oxygens (including phenoxy) is 1. The molecule has 1 N–H and O–H groups in total. The molecule has 0 aliphatic carbocycles. The summed E-state index contributed by atoms with van der Waals surface area (Å²) in [4.78, 5) is 28.0. The topological polar surface area (TPSA) is 96.0 Å². The number of sulfonamides is 1. The number of benzene rings is 3. The summed E-state index contributed by atoms with van der Waals surface area (Å²) in [6, 6.07) is 21.0. The van der Waals surface area contributed by atoms with Crippen molar-refractivity contribution in [3.63, 3.8) is 0 Å². The molecule has 0 aromatic heterocycles. The molecule has 0 bridgehead atoms. The van der Waals surface area contributed by atoms with E-state index in [0.717, 1.165) is 14.3 Å². The van der Waals surface area contributed by atoms with Gasteiger partial charge in [-0.1, -0.05) is 58.4 Å². The van der Waals surface area contributed by atoms with Crippen molar-refractivity contribution < 1.29 is 22.7 Å². The van der Waals surface area contributed by atoms with Gasteiger partial charge in [-0.25, -0.2) is 8.42 Å². The predicted molar refractivity (Wildman–Crippen MR) is 147 cm³/mol. The fourth-order valence-electron chi connectivity index (χ4n) is 3.81. The first kappa shape index (κ1) is 28.2. The standard InChI is InChI=1S/C27H30BrN3O5S/c1-4-29-27(33)20(2)30(18-21-11-10-12-22(28)17-21)26(32)19-31(24-15-8-9-16-25(24)36-3)37(34,35)23-13-6-5-7-14-23/h5-17,20H,4,18-19H2,1-3H3,(H,29,33). The van der Waals surface area contributed by atoms with Crippen LogP contribution in [0.25, 0.3) is 0 Å². The number of rotatable bonds is 11. The van der Waals surface area contributed by atoms with Gasteiger partial charge in [0.25, 0.3) is 10.0 Å². The van der Waals surface area contributed by atoms with Crippen molar-refractivity contribution >= 4 is 43.5 Å². The predicted octanol–water partition coefficient (Wildman–Crippen LogP) is 4.21. The summed E-state index contributed by atoms with van der Waals surface area (Å²) in [5.74, 6) is -0.574. The van der Waals surface area contributed by atoms with Crippen LogP contribution in [0.2, 0.25) is 0 Å². The summed E-state index contributed by atoms with van der Waals surface area (Å²) in [5, 5.41) is 2.74. The maximum atomic E-state index is 13.8. The van der Waals surface area contributed by atoms with Gasteiger partial charge in [0.15, 0.2) is 0 Å². The van der Waals surface area contributed by atoms with E-state index in [-0.39, 0.29) is 23.0 Å². The van der Waals surface area contributed by atoms with Gasteiger partial charge in [0.2, 0.25) is 11.8 Å². The SMILES string of the molecule is CCNC(=O)C(C)N(Cc1cccc(Br)c1)C(=O)CN(c1ccccc1OC)S(=O)(=O)c1ccccc1. The van der Waals surface area contributed by atoms with Crippen LogP contribution in [0.5, 0.6) is 5.75 Å². The van der Waals surface area contributed by atoms with Crippen molar-refractivity contribution in [3.05, 3.63) is 88.9 Å². The normalized spacial score (nSPS) is 11.9. The number of halogens is 1. The van der Waals surface area contributed by atoms with Crippen LogP contribution < -0.4 is 14.4 Å². The average Bonchev–Trinajstić information content (AvgIpc) is 2.90. The number of likely N-dealkylation sites (N-methyl/N-ethyl adjacent to an activating group) is 1. The van der Waals surface area contributed by atoms with Gasteiger partial charge in [-0.15, -0.1) is 0 Å². The number of nitrogens with zero attached hydrogens (tertiary/aromatic N) is 2. The number of carbonyl (C=O) groups is 2. The quantitative estimate of drug-likeness (QED) is 0.362. The first-order valence-electron chi connectivity index (χ1n) is 11.7. The molecule has 3 aromatic carbocycles. The zero-order valence-electron chi connectivity index (χ0n) is 20.9. The van der Waals surface area contributed by atoms with Crippen LogP contribution in [-0.2, 0) is 26.2 Å². The van der Waals surface area contributed by atoms with Crippen molar-refractivity contribution in [3.8, 4) is 5.75 Å². The monoisotopic (exact) mass is 587 g/mol. The molecular weight excluding hydrogens is 558 g/mol. The molecule has 3 rings (SSSR count). The van der Waals surface area contributed by atoms with Crippen LogP contribution in [0.1, 0.15) is 19.4 Å². The van der Waals surface area contributed by atoms with Gasteiger partial charge in [-0.2, -0.15) is 0 Å². The summed E-state index contributed by atoms with van der Waals surface area (Å²) in [6.45, 7) is 3.40. The Bertz CT molecular complexity index is 1330. The minimum Gasteiger partial charge on any atom is -0.495 e. The van der Waals surface area contributed by atoms with E-state index in [1.54, 1.807) is 56.3 Å². The Labute approximate surface area is 226 Å². The summed E-state index contributed by atoms with van der Waals surface area (Å²) in [5.41, 5.74) is 1.00. The first-order chi connectivity index (χ1) is 17.7. The molecule has 3 aromatic rings. The number of hydrogen-bond acceptors (Lipinski definition) is 5. The number of amides is 2. The lowest BCUT2D eigenvalue weighted by atomic mass is 10.1. The number of para-hydroxylation sites is 2. The highest BCUT2D eigenvalue weighted by Gasteiger charge is 2.33. The zero-order valence-corrected chi connectivity index (χ0v) is 23.3. The van der Waals surface area contributed by atoms with E-state index >= 15 is 0 Å². The molecule has 37 heavy (non-hydrogen) atoms. The smallest absolute Gasteiger partial charge is 0.264 e. The Kier molecular flexibility index (Phi) is 9.71. The minimum atomic E-state index is -4.15. The Morgan fingerprint density at radius 2 is 1.68 bits per heavy atom. The molecule has 2 amide bonds. The van der Waals surface area contributed by atoms with Gasteiger partial charge >= 0.3 is 0 Å². The Balaban J connectivity index is 2.06. The number of methoxy groups -OCH3 is 1. The van der Waals surface area contributed by atoms with Crippen molar-refractivity contribution in [1.82, 2.24) is 10.2 Å². The molecule has 0 fully saturated rings. The average molecular weight is 589 g/mol. The van der Waals surface area contributed by atoms with E-state index in [0.29, 0.717) is 12.3 Å². The van der Waals surface area contributed by atoms with E-state index < -0.39 is 28.5 Å². The van der Waals surface area contributed by atoms with Crippen LogP contribution in [-0.4, -0.2) is 51.4 Å². The largest absolute Gasteiger partial charge is 0.495 e. The molecule has 0 aliphatic rings. The number of carbonyl (C=O) groups excluding carboxylic acids is 2. The highest BCUT2D eigenvalue weighted by molar-refractivity contribution is 9.10. The fourth-order valence-corrected chi connectivity index (χ4v) is 5.70. The van der Waals surface area contributed by atoms with Gasteiger partial charge in [-0.05, 0) is 55.8 Å². The Morgan fingerprint density at radius 3 is 2.32 bits per heavy atom. The van der Waals surface area contributed by atoms with Gasteiger partial charge in [-0.3, -0.25) is 13.9 Å². The van der Waals surface area contributed by atoms with Crippen molar-refractivity contribution in [2.24, 2.45) is 0 Å². The lowest BCUT2D eigenvalue weighted by Crippen LogP contribution is -2.51. The molecule has 0 saturated heterocycles. The summed E-state index contributed by atoms with van der Waals surface area (Å²) in [7, 11) is -2.72. The summed E-state index contributed by atoms with van der Waals surface area (Å²) in [6.07, 6.45) is 0. The maximum absolute atomic E-state index is 13.8. The lowest BCUT2D eigenvalue weighted by molar-refractivity contribution is -0.139. The second-order valence-electron chi connectivity index (χ2n) is 8.22. The molecular formula is C27H30BrN3O5S. The molecule has 0 aliphatic heterocycles. The van der Waals surface area contributed by atoms with Crippen LogP contribution in [0, 0.1) is 0 Å². The Morgan fingerprint density at radius 1 is 1.00 bits per heavy atom. The number of hydrogen-bond donors (Lipinski definition) is 1. The first-order valence-corrected chi connectivity index (χ1v) is 13.9. The van der Waals surface area contributed by atoms with Gasteiger partial charge < -0.3 is 15.0 Å². The van der Waals surface area contributed by atoms with E-state index in [1.807, 2.05) is 24.3 Å². The highest BCUT2D eigenvalue weighted by atomic mass is 79.9. The zero-order chi connectivity index (χ0) is 27.0.